The van der Waals surface area contributed by atoms with Gasteiger partial charge in [0.2, 0.25) is 5.91 Å². The van der Waals surface area contributed by atoms with Gasteiger partial charge in [-0.1, -0.05) is 0 Å². The molecule has 12 heteroatoms. The Morgan fingerprint density at radius 1 is 0.884 bits per heavy atom. The number of H-pyrrole nitrogens is 1. The van der Waals surface area contributed by atoms with Gasteiger partial charge >= 0.3 is 5.97 Å². The molecule has 0 unspecified atom stereocenters. The van der Waals surface area contributed by atoms with Gasteiger partial charge in [0.1, 0.15) is 11.4 Å². The number of carbonyl (C=O) groups excluding carboxylic acids is 4. The predicted octanol–water partition coefficient (Wildman–Crippen LogP) is 5.29. The van der Waals surface area contributed by atoms with Crippen LogP contribution in [0.2, 0.25) is 0 Å². The average molecular weight is 601 g/mol. The third-order valence-electron chi connectivity index (χ3n) is 6.81. The fraction of sp³-hybridized carbons (Fsp3) is 0.226. The van der Waals surface area contributed by atoms with Crippen molar-refractivity contribution >= 4 is 73.1 Å². The summed E-state index contributed by atoms with van der Waals surface area (Å²) in [5.41, 5.74) is 3.21. The number of hydrogen-bond donors (Lipinski definition) is 4. The number of esters is 1. The van der Waals surface area contributed by atoms with Gasteiger partial charge in [0.25, 0.3) is 11.8 Å². The zero-order valence-electron chi connectivity index (χ0n) is 24.2. The van der Waals surface area contributed by atoms with Crippen molar-refractivity contribution in [3.8, 4) is 0 Å². The van der Waals surface area contributed by atoms with E-state index in [1.54, 1.807) is 48.1 Å². The van der Waals surface area contributed by atoms with Crippen molar-refractivity contribution < 1.29 is 23.9 Å². The lowest BCUT2D eigenvalue weighted by molar-refractivity contribution is -0.116. The summed E-state index contributed by atoms with van der Waals surface area (Å²) in [5.74, 6) is -1.17. The number of amides is 3. The fourth-order valence-electron chi connectivity index (χ4n) is 4.68. The van der Waals surface area contributed by atoms with E-state index in [2.05, 4.69) is 20.9 Å². The van der Waals surface area contributed by atoms with E-state index in [1.807, 2.05) is 43.3 Å². The van der Waals surface area contributed by atoms with Gasteiger partial charge in [-0.05, 0) is 87.0 Å². The van der Waals surface area contributed by atoms with Crippen LogP contribution < -0.4 is 16.0 Å². The van der Waals surface area contributed by atoms with Crippen molar-refractivity contribution in [1.29, 1.82) is 0 Å². The first-order valence-corrected chi connectivity index (χ1v) is 14.4. The van der Waals surface area contributed by atoms with E-state index >= 15 is 0 Å². The van der Waals surface area contributed by atoms with Gasteiger partial charge in [-0.15, -0.1) is 11.3 Å². The minimum absolute atomic E-state index is 0.0491. The molecule has 0 saturated carbocycles. The van der Waals surface area contributed by atoms with Gasteiger partial charge in [-0.3, -0.25) is 14.4 Å². The minimum Gasteiger partial charge on any atom is -0.464 e. The number of nitrogens with one attached hydrogen (secondary N) is 4. The van der Waals surface area contributed by atoms with Crippen LogP contribution in [0.5, 0.6) is 0 Å². The van der Waals surface area contributed by atoms with Crippen LogP contribution in [-0.2, 0) is 16.6 Å². The number of aromatic nitrogens is 2. The Balaban J connectivity index is 1.24. The number of anilines is 3. The maximum absolute atomic E-state index is 13.1. The maximum Gasteiger partial charge on any atom is 0.354 e. The molecule has 222 valence electrons. The molecule has 0 atom stereocenters. The highest BCUT2D eigenvalue weighted by Gasteiger charge is 2.17. The van der Waals surface area contributed by atoms with E-state index in [9.17, 15) is 19.2 Å². The summed E-state index contributed by atoms with van der Waals surface area (Å²) in [6.07, 6.45) is 2.84. The zero-order valence-corrected chi connectivity index (χ0v) is 25.1. The van der Waals surface area contributed by atoms with Crippen LogP contribution in [0.3, 0.4) is 0 Å². The molecular weight excluding hydrogens is 568 g/mol. The van der Waals surface area contributed by atoms with Gasteiger partial charge in [0, 0.05) is 46.6 Å². The van der Waals surface area contributed by atoms with Crippen LogP contribution >= 0.6 is 11.3 Å². The molecule has 0 aliphatic rings. The van der Waals surface area contributed by atoms with Crippen LogP contribution in [-0.4, -0.2) is 65.9 Å². The van der Waals surface area contributed by atoms with E-state index in [4.69, 9.17) is 4.74 Å². The summed E-state index contributed by atoms with van der Waals surface area (Å²) in [6.45, 7) is 0.841. The first kappa shape index (κ1) is 29.5. The number of methoxy groups -OCH3 is 1. The highest BCUT2D eigenvalue weighted by Crippen LogP contribution is 2.29. The molecule has 5 rings (SSSR count). The van der Waals surface area contributed by atoms with Crippen molar-refractivity contribution in [2.24, 2.45) is 7.05 Å². The average Bonchev–Trinajstić information content (AvgIpc) is 3.68. The molecule has 0 spiro atoms. The quantitative estimate of drug-likeness (QED) is 0.161. The Labute approximate surface area is 251 Å². The Morgan fingerprint density at radius 3 is 2.37 bits per heavy atom. The lowest BCUT2D eigenvalue weighted by Gasteiger charge is -2.09. The van der Waals surface area contributed by atoms with Gasteiger partial charge in [0.15, 0.2) is 0 Å². The number of fused-ring (bicyclic) bond motifs is 2. The Hall–Kier alpha value is -4.94. The summed E-state index contributed by atoms with van der Waals surface area (Å²) in [5, 5.41) is 10.2. The first-order chi connectivity index (χ1) is 20.6. The molecule has 43 heavy (non-hydrogen) atoms. The molecule has 0 aliphatic heterocycles. The van der Waals surface area contributed by atoms with Crippen LogP contribution in [0, 0.1) is 0 Å². The third kappa shape index (κ3) is 6.93. The smallest absolute Gasteiger partial charge is 0.354 e. The van der Waals surface area contributed by atoms with Gasteiger partial charge in [0.05, 0.1) is 17.7 Å². The SMILES string of the molecule is COC(=O)c1cc(NC(=O)c2cc3cc(NC(=O)c4cc5cc(NC(=O)CCCN(C)C)ccc5[nH]4)ccc3s2)cn1C. The fourth-order valence-corrected chi connectivity index (χ4v) is 5.61. The van der Waals surface area contributed by atoms with Crippen molar-refractivity contribution in [3.63, 3.8) is 0 Å². The molecule has 11 nitrogen and oxygen atoms in total. The number of aromatic amines is 1. The Bertz CT molecular complexity index is 1850. The van der Waals surface area contributed by atoms with Crippen molar-refractivity contribution in [3.05, 3.63) is 77.1 Å². The van der Waals surface area contributed by atoms with E-state index in [0.717, 1.165) is 34.0 Å². The van der Waals surface area contributed by atoms with Gasteiger partial charge in [-0.2, -0.15) is 0 Å². The molecule has 0 radical (unpaired) electrons. The van der Waals surface area contributed by atoms with E-state index < -0.39 is 5.97 Å². The second kappa shape index (κ2) is 12.5. The van der Waals surface area contributed by atoms with E-state index in [0.29, 0.717) is 39.7 Å². The first-order valence-electron chi connectivity index (χ1n) is 13.6. The number of aryl methyl sites for hydroxylation is 1. The van der Waals surface area contributed by atoms with Crippen LogP contribution in [0.4, 0.5) is 17.1 Å². The van der Waals surface area contributed by atoms with Crippen molar-refractivity contribution in [2.45, 2.75) is 12.8 Å². The Kier molecular flexibility index (Phi) is 8.60. The largest absolute Gasteiger partial charge is 0.464 e. The highest BCUT2D eigenvalue weighted by atomic mass is 32.1. The molecule has 0 bridgehead atoms. The molecule has 0 aliphatic carbocycles. The molecule has 4 N–H and O–H groups in total. The minimum atomic E-state index is -0.494. The second-order valence-electron chi connectivity index (χ2n) is 10.4. The molecule has 2 aromatic carbocycles. The number of ether oxygens (including phenoxy) is 1. The van der Waals surface area contributed by atoms with Crippen molar-refractivity contribution in [2.75, 3.05) is 43.7 Å². The summed E-state index contributed by atoms with van der Waals surface area (Å²) < 4.78 is 7.22. The summed E-state index contributed by atoms with van der Waals surface area (Å²) in [6, 6.07) is 16.0. The highest BCUT2D eigenvalue weighted by molar-refractivity contribution is 7.20. The van der Waals surface area contributed by atoms with Crippen LogP contribution in [0.25, 0.3) is 21.0 Å². The second-order valence-corrected chi connectivity index (χ2v) is 11.5. The summed E-state index contributed by atoms with van der Waals surface area (Å²) in [7, 11) is 6.94. The molecule has 3 amide bonds. The maximum atomic E-state index is 13.1. The topological polar surface area (TPSA) is 138 Å². The van der Waals surface area contributed by atoms with Gasteiger partial charge in [-0.25, -0.2) is 4.79 Å². The monoisotopic (exact) mass is 600 g/mol. The molecule has 5 aromatic rings. The molecule has 0 saturated heterocycles. The van der Waals surface area contributed by atoms with Crippen LogP contribution in [0.15, 0.2) is 60.8 Å². The number of rotatable bonds is 10. The number of hydrogen-bond acceptors (Lipinski definition) is 7. The van der Waals surface area contributed by atoms with Gasteiger partial charge < -0.3 is 35.1 Å². The van der Waals surface area contributed by atoms with E-state index in [-0.39, 0.29) is 17.7 Å². The molecule has 3 heterocycles. The summed E-state index contributed by atoms with van der Waals surface area (Å²) in [4.78, 5) is 55.7. The normalized spacial score (nSPS) is 11.2. The van der Waals surface area contributed by atoms with Crippen molar-refractivity contribution in [1.82, 2.24) is 14.5 Å². The standard InChI is InChI=1S/C31H32N6O5S/c1-36(2)11-5-6-28(38)32-20-7-9-23-18(12-20)14-24(35-23)29(39)33-21-8-10-26-19(13-21)15-27(43-26)30(40)34-22-16-25(31(41)42-4)37(3)17-22/h7-10,12-17,35H,5-6,11H2,1-4H3,(H,32,38)(H,33,39)(H,34,40). The zero-order chi connectivity index (χ0) is 30.7. The predicted molar refractivity (Wildman–Crippen MR) is 169 cm³/mol. The molecule has 0 fully saturated rings. The third-order valence-corrected chi connectivity index (χ3v) is 7.93. The molecule has 3 aromatic heterocycles. The molecular formula is C31H32N6O5S. The van der Waals surface area contributed by atoms with Crippen LogP contribution in [0.1, 0.15) is 43.5 Å². The van der Waals surface area contributed by atoms with E-state index in [1.165, 1.54) is 18.4 Å². The lowest BCUT2D eigenvalue weighted by Crippen LogP contribution is -2.17. The summed E-state index contributed by atoms with van der Waals surface area (Å²) >= 11 is 1.32. The number of benzene rings is 2. The number of carbonyl (C=O) groups is 4. The lowest BCUT2D eigenvalue weighted by atomic mass is 10.2. The number of thiophene rings is 1. The Morgan fingerprint density at radius 2 is 1.60 bits per heavy atom. The number of nitrogens with zero attached hydrogens (tertiary/aromatic N) is 2.